The average molecular weight is 931 g/mol. The van der Waals surface area contributed by atoms with Gasteiger partial charge in [0.25, 0.3) is 0 Å². The second-order valence-corrected chi connectivity index (χ2v) is 18.1. The van der Waals surface area contributed by atoms with Gasteiger partial charge < -0.3 is 14.2 Å². The summed E-state index contributed by atoms with van der Waals surface area (Å²) in [7, 11) is 0. The van der Waals surface area contributed by atoms with Crippen molar-refractivity contribution in [2.75, 3.05) is 13.2 Å². The fraction of sp³-hybridized carbons (Fsp3) is 0.689. The van der Waals surface area contributed by atoms with Crippen molar-refractivity contribution in [2.45, 2.75) is 258 Å². The Morgan fingerprint density at radius 1 is 0.313 bits per heavy atom. The van der Waals surface area contributed by atoms with Crippen molar-refractivity contribution < 1.29 is 28.6 Å². The number of rotatable bonds is 49. The van der Waals surface area contributed by atoms with E-state index in [0.717, 1.165) is 109 Å². The molecule has 1 unspecified atom stereocenters. The summed E-state index contributed by atoms with van der Waals surface area (Å²) >= 11 is 0. The molecule has 6 heteroatoms. The van der Waals surface area contributed by atoms with Gasteiger partial charge in [-0.3, -0.25) is 14.4 Å². The molecule has 0 aliphatic rings. The largest absolute Gasteiger partial charge is 0.462 e. The van der Waals surface area contributed by atoms with E-state index in [0.29, 0.717) is 19.3 Å². The van der Waals surface area contributed by atoms with Crippen molar-refractivity contribution in [1.29, 1.82) is 0 Å². The lowest BCUT2D eigenvalue weighted by Gasteiger charge is -2.18. The molecule has 0 rings (SSSR count). The minimum atomic E-state index is -0.811. The van der Waals surface area contributed by atoms with Gasteiger partial charge in [0.2, 0.25) is 0 Å². The molecule has 0 spiro atoms. The predicted molar refractivity (Wildman–Crippen MR) is 288 cm³/mol. The molecular weight excluding hydrogens is 829 g/mol. The van der Waals surface area contributed by atoms with Crippen LogP contribution >= 0.6 is 0 Å². The fourth-order valence-electron chi connectivity index (χ4n) is 7.38. The first-order chi connectivity index (χ1) is 33.0. The summed E-state index contributed by atoms with van der Waals surface area (Å²) in [5.74, 6) is -0.983. The van der Waals surface area contributed by atoms with Gasteiger partial charge in [0.1, 0.15) is 13.2 Å². The van der Waals surface area contributed by atoms with Crippen LogP contribution in [0, 0.1) is 0 Å². The summed E-state index contributed by atoms with van der Waals surface area (Å²) in [4.78, 5) is 38.1. The van der Waals surface area contributed by atoms with Crippen molar-refractivity contribution in [1.82, 2.24) is 0 Å². The minimum Gasteiger partial charge on any atom is -0.462 e. The van der Waals surface area contributed by atoms with Crippen LogP contribution in [0.3, 0.4) is 0 Å². The summed E-state index contributed by atoms with van der Waals surface area (Å²) in [6.45, 7) is 6.43. The van der Waals surface area contributed by atoms with E-state index in [2.05, 4.69) is 118 Å². The van der Waals surface area contributed by atoms with Gasteiger partial charge in [-0.05, 0) is 116 Å². The number of carbonyl (C=O) groups excluding carboxylic acids is 3. The molecule has 0 aliphatic carbocycles. The Hall–Kier alpha value is -3.67. The van der Waals surface area contributed by atoms with Gasteiger partial charge in [-0.2, -0.15) is 0 Å². The highest BCUT2D eigenvalue weighted by atomic mass is 16.6. The minimum absolute atomic E-state index is 0.105. The van der Waals surface area contributed by atoms with Crippen molar-refractivity contribution in [3.05, 3.63) is 97.2 Å². The molecule has 0 bridgehead atoms. The molecule has 1 atom stereocenters. The molecular formula is C61H102O6. The van der Waals surface area contributed by atoms with Gasteiger partial charge >= 0.3 is 17.9 Å². The molecule has 0 N–H and O–H groups in total. The number of hydrogen-bond donors (Lipinski definition) is 0. The van der Waals surface area contributed by atoms with Crippen LogP contribution in [-0.2, 0) is 28.6 Å². The summed E-state index contributed by atoms with van der Waals surface area (Å²) < 4.78 is 16.8. The van der Waals surface area contributed by atoms with Crippen LogP contribution in [0.1, 0.15) is 252 Å². The first kappa shape index (κ1) is 63.3. The molecule has 382 valence electrons. The van der Waals surface area contributed by atoms with Gasteiger partial charge in [-0.25, -0.2) is 0 Å². The molecule has 0 aromatic heterocycles. The quantitative estimate of drug-likeness (QED) is 0.0262. The lowest BCUT2D eigenvalue weighted by Crippen LogP contribution is -2.30. The molecule has 0 saturated carbocycles. The van der Waals surface area contributed by atoms with E-state index in [4.69, 9.17) is 14.2 Å². The molecule has 0 saturated heterocycles. The molecule has 6 nitrogen and oxygen atoms in total. The lowest BCUT2D eigenvalue weighted by molar-refractivity contribution is -0.167. The standard InChI is InChI=1S/C61H102O6/c1-4-7-10-13-16-19-22-25-28-31-34-36-39-42-45-48-51-54-60(63)66-57-58(67-61(64)55-52-49-46-43-40-37-33-30-27-24-21-18-15-12-9-6-3)56-65-59(62)53-50-47-44-41-38-35-32-29-26-23-20-17-14-11-8-5-2/h9,12,16,18-19,21,25,27-30,32,34,36,42,45,58H,4-8,10-11,13-15,17,20,22-24,26,31,33,35,37-41,43-44,46-57H2,1-3H3/b12-9-,19-16-,21-18-,28-25-,30-27-,32-29-,36-34-,45-42-. The van der Waals surface area contributed by atoms with Crippen LogP contribution in [0.5, 0.6) is 0 Å². The van der Waals surface area contributed by atoms with Crippen LogP contribution in [0.4, 0.5) is 0 Å². The van der Waals surface area contributed by atoms with E-state index < -0.39 is 6.10 Å². The van der Waals surface area contributed by atoms with E-state index in [1.54, 1.807) is 0 Å². The van der Waals surface area contributed by atoms with Crippen LogP contribution in [0.15, 0.2) is 97.2 Å². The van der Waals surface area contributed by atoms with Gasteiger partial charge in [0.05, 0.1) is 0 Å². The molecule has 0 amide bonds. The van der Waals surface area contributed by atoms with E-state index in [1.165, 1.54) is 96.3 Å². The number of ether oxygens (including phenoxy) is 3. The number of esters is 3. The highest BCUT2D eigenvalue weighted by Gasteiger charge is 2.19. The van der Waals surface area contributed by atoms with Crippen molar-refractivity contribution in [3.8, 4) is 0 Å². The summed E-state index contributed by atoms with van der Waals surface area (Å²) in [5.41, 5.74) is 0. The second-order valence-electron chi connectivity index (χ2n) is 18.1. The van der Waals surface area contributed by atoms with Crippen LogP contribution in [0.25, 0.3) is 0 Å². The maximum absolute atomic E-state index is 12.8. The number of unbranched alkanes of at least 4 members (excludes halogenated alkanes) is 22. The Kier molecular flexibility index (Phi) is 51.9. The predicted octanol–water partition coefficient (Wildman–Crippen LogP) is 18.5. The van der Waals surface area contributed by atoms with Crippen LogP contribution < -0.4 is 0 Å². The molecule has 67 heavy (non-hydrogen) atoms. The van der Waals surface area contributed by atoms with Crippen LogP contribution in [0.2, 0.25) is 0 Å². The van der Waals surface area contributed by atoms with Crippen molar-refractivity contribution in [3.63, 3.8) is 0 Å². The highest BCUT2D eigenvalue weighted by Crippen LogP contribution is 2.14. The molecule has 0 aliphatic heterocycles. The Morgan fingerprint density at radius 2 is 0.597 bits per heavy atom. The SMILES string of the molecule is CC/C=C\C/C=C\C/C=C\CCCCCCCCC(=O)OC(COC(=O)CCC/C=C\C/C=C\C/C=C\C/C=C\CCCCC)COC(=O)CCCCCCC/C=C\CCCCCCCCC. The second kappa shape index (κ2) is 54.9. The van der Waals surface area contributed by atoms with Crippen molar-refractivity contribution >= 4 is 17.9 Å². The summed E-state index contributed by atoms with van der Waals surface area (Å²) in [5, 5.41) is 0. The molecule has 0 aromatic rings. The Balaban J connectivity index is 4.51. The van der Waals surface area contributed by atoms with Gasteiger partial charge in [-0.1, -0.05) is 214 Å². The maximum Gasteiger partial charge on any atom is 0.306 e. The van der Waals surface area contributed by atoms with E-state index in [1.807, 2.05) is 0 Å². The third-order valence-corrected chi connectivity index (χ3v) is 11.5. The van der Waals surface area contributed by atoms with Crippen molar-refractivity contribution in [2.24, 2.45) is 0 Å². The zero-order valence-corrected chi connectivity index (χ0v) is 43.6. The Labute approximate surface area is 413 Å². The van der Waals surface area contributed by atoms with E-state index in [-0.39, 0.29) is 37.5 Å². The third-order valence-electron chi connectivity index (χ3n) is 11.5. The number of allylic oxidation sites excluding steroid dienone is 16. The van der Waals surface area contributed by atoms with E-state index in [9.17, 15) is 14.4 Å². The number of hydrogen-bond acceptors (Lipinski definition) is 6. The van der Waals surface area contributed by atoms with E-state index >= 15 is 0 Å². The van der Waals surface area contributed by atoms with Crippen LogP contribution in [-0.4, -0.2) is 37.2 Å². The third kappa shape index (κ3) is 53.2. The first-order valence-corrected chi connectivity index (χ1v) is 27.7. The Bertz CT molecular complexity index is 1350. The van der Waals surface area contributed by atoms with Gasteiger partial charge in [0.15, 0.2) is 6.10 Å². The lowest BCUT2D eigenvalue weighted by atomic mass is 10.1. The summed E-state index contributed by atoms with van der Waals surface area (Å²) in [6, 6.07) is 0. The number of carbonyl (C=O) groups is 3. The van der Waals surface area contributed by atoms with Gasteiger partial charge in [-0.15, -0.1) is 0 Å². The topological polar surface area (TPSA) is 78.9 Å². The fourth-order valence-corrected chi connectivity index (χ4v) is 7.38. The Morgan fingerprint density at radius 3 is 1.01 bits per heavy atom. The smallest absolute Gasteiger partial charge is 0.306 e. The molecule has 0 fully saturated rings. The molecule has 0 radical (unpaired) electrons. The normalized spacial score (nSPS) is 12.8. The highest BCUT2D eigenvalue weighted by molar-refractivity contribution is 5.71. The maximum atomic E-state index is 12.8. The molecule has 0 aromatic carbocycles. The first-order valence-electron chi connectivity index (χ1n) is 27.7. The average Bonchev–Trinajstić information content (AvgIpc) is 3.33. The zero-order valence-electron chi connectivity index (χ0n) is 43.6. The summed E-state index contributed by atoms with van der Waals surface area (Å²) in [6.07, 6.45) is 72.5. The zero-order chi connectivity index (χ0) is 48.6. The molecule has 0 heterocycles. The monoisotopic (exact) mass is 931 g/mol. The van der Waals surface area contributed by atoms with Gasteiger partial charge in [0, 0.05) is 19.3 Å².